The summed E-state index contributed by atoms with van der Waals surface area (Å²) in [5, 5.41) is 4.13. The van der Waals surface area contributed by atoms with Crippen LogP contribution in [0.1, 0.15) is 30.6 Å². The van der Waals surface area contributed by atoms with E-state index in [1.165, 1.54) is 12.0 Å². The van der Waals surface area contributed by atoms with Gasteiger partial charge in [-0.15, -0.1) is 0 Å². The highest BCUT2D eigenvalue weighted by atomic mass is 16.5. The quantitative estimate of drug-likeness (QED) is 0.819. The van der Waals surface area contributed by atoms with E-state index in [4.69, 9.17) is 4.52 Å². The lowest BCUT2D eigenvalue weighted by Gasteiger charge is -2.27. The summed E-state index contributed by atoms with van der Waals surface area (Å²) in [4.78, 5) is 9.30. The molecule has 1 saturated heterocycles. The molecule has 1 aliphatic rings. The number of likely N-dealkylation sites (tertiary alicyclic amines) is 1. The molecule has 5 heteroatoms. The van der Waals surface area contributed by atoms with E-state index in [1.54, 1.807) is 0 Å². The third-order valence-electron chi connectivity index (χ3n) is 4.84. The van der Waals surface area contributed by atoms with Crippen molar-refractivity contribution in [3.63, 3.8) is 0 Å². The molecule has 0 aliphatic carbocycles. The highest BCUT2D eigenvalue weighted by Crippen LogP contribution is 2.22. The zero-order valence-electron chi connectivity index (χ0n) is 14.3. The zero-order valence-corrected chi connectivity index (χ0v) is 14.3. The number of hydrogen-bond donors (Lipinski definition) is 0. The molecular weight excluding hydrogens is 288 g/mol. The second-order valence-corrected chi connectivity index (χ2v) is 6.62. The first kappa shape index (κ1) is 16.1. The first-order chi connectivity index (χ1) is 11.1. The lowest BCUT2D eigenvalue weighted by atomic mass is 10.1. The van der Waals surface area contributed by atoms with Crippen molar-refractivity contribution in [3.8, 4) is 0 Å². The fourth-order valence-corrected chi connectivity index (χ4v) is 3.43. The van der Waals surface area contributed by atoms with Crippen LogP contribution < -0.4 is 0 Å². The molecule has 1 aliphatic heterocycles. The van der Waals surface area contributed by atoms with Crippen molar-refractivity contribution in [1.29, 1.82) is 0 Å². The van der Waals surface area contributed by atoms with Gasteiger partial charge >= 0.3 is 0 Å². The lowest BCUT2D eigenvalue weighted by molar-refractivity contribution is 0.176. The summed E-state index contributed by atoms with van der Waals surface area (Å²) in [6.07, 6.45) is 2.97. The molecule has 1 aromatic heterocycles. The third-order valence-corrected chi connectivity index (χ3v) is 4.84. The summed E-state index contributed by atoms with van der Waals surface area (Å²) >= 11 is 0. The van der Waals surface area contributed by atoms with E-state index in [2.05, 4.69) is 65.2 Å². The zero-order chi connectivity index (χ0) is 16.2. The Balaban J connectivity index is 1.53. The van der Waals surface area contributed by atoms with Crippen LogP contribution in [0.4, 0.5) is 0 Å². The van der Waals surface area contributed by atoms with Crippen molar-refractivity contribution in [2.45, 2.75) is 44.8 Å². The Hall–Kier alpha value is -1.72. The van der Waals surface area contributed by atoms with Crippen molar-refractivity contribution >= 4 is 0 Å². The Morgan fingerprint density at radius 2 is 2.00 bits per heavy atom. The van der Waals surface area contributed by atoms with Gasteiger partial charge in [0.2, 0.25) is 5.89 Å². The molecule has 3 rings (SSSR count). The van der Waals surface area contributed by atoms with Gasteiger partial charge in [-0.25, -0.2) is 0 Å². The number of likely N-dealkylation sites (N-methyl/N-ethyl adjacent to an activating group) is 1. The Morgan fingerprint density at radius 3 is 2.70 bits per heavy atom. The van der Waals surface area contributed by atoms with Crippen LogP contribution in [-0.2, 0) is 19.4 Å². The van der Waals surface area contributed by atoms with Crippen LogP contribution in [0, 0.1) is 0 Å². The van der Waals surface area contributed by atoms with Crippen LogP contribution in [0.25, 0.3) is 0 Å². The minimum Gasteiger partial charge on any atom is -0.338 e. The Labute approximate surface area is 138 Å². The van der Waals surface area contributed by atoms with E-state index in [9.17, 15) is 0 Å². The summed E-state index contributed by atoms with van der Waals surface area (Å²) in [6.45, 7) is 4.12. The van der Waals surface area contributed by atoms with Gasteiger partial charge in [-0.1, -0.05) is 35.5 Å². The molecule has 2 heterocycles. The van der Waals surface area contributed by atoms with Gasteiger partial charge in [-0.05, 0) is 39.4 Å². The van der Waals surface area contributed by atoms with Gasteiger partial charge in [0.1, 0.15) is 0 Å². The van der Waals surface area contributed by atoms with E-state index >= 15 is 0 Å². The van der Waals surface area contributed by atoms with Crippen LogP contribution >= 0.6 is 0 Å². The average Bonchev–Trinajstić information content (AvgIpc) is 3.14. The number of rotatable bonds is 6. The van der Waals surface area contributed by atoms with Crippen LogP contribution in [0.2, 0.25) is 0 Å². The summed E-state index contributed by atoms with van der Waals surface area (Å²) in [5.41, 5.74) is 1.31. The second kappa shape index (κ2) is 7.23. The molecule has 1 aromatic carbocycles. The Bertz CT molecular complexity index is 610. The summed E-state index contributed by atoms with van der Waals surface area (Å²) in [5.74, 6) is 1.54. The van der Waals surface area contributed by atoms with Gasteiger partial charge in [0, 0.05) is 25.0 Å². The topological polar surface area (TPSA) is 45.4 Å². The van der Waals surface area contributed by atoms with Gasteiger partial charge in [0.05, 0.1) is 6.54 Å². The number of aromatic nitrogens is 2. The largest absolute Gasteiger partial charge is 0.338 e. The molecule has 0 bridgehead atoms. The SMILES string of the molecule is CC1C(N(C)C)CCN1Cc1nc(CCc2ccccc2)no1. The predicted octanol–water partition coefficient (Wildman–Crippen LogP) is 2.38. The normalized spacial score (nSPS) is 22.1. The monoisotopic (exact) mass is 314 g/mol. The van der Waals surface area contributed by atoms with E-state index in [0.717, 1.165) is 37.6 Å². The summed E-state index contributed by atoms with van der Waals surface area (Å²) < 4.78 is 5.44. The van der Waals surface area contributed by atoms with Crippen molar-refractivity contribution in [3.05, 3.63) is 47.6 Å². The molecule has 0 N–H and O–H groups in total. The van der Waals surface area contributed by atoms with Crippen molar-refractivity contribution in [2.24, 2.45) is 0 Å². The van der Waals surface area contributed by atoms with Crippen molar-refractivity contribution < 1.29 is 4.52 Å². The second-order valence-electron chi connectivity index (χ2n) is 6.62. The first-order valence-corrected chi connectivity index (χ1v) is 8.39. The van der Waals surface area contributed by atoms with E-state index < -0.39 is 0 Å². The Morgan fingerprint density at radius 1 is 1.22 bits per heavy atom. The van der Waals surface area contributed by atoms with Gasteiger partial charge in [-0.2, -0.15) is 4.98 Å². The molecule has 0 radical (unpaired) electrons. The molecule has 2 aromatic rings. The van der Waals surface area contributed by atoms with E-state index in [1.807, 2.05) is 6.07 Å². The van der Waals surface area contributed by atoms with Gasteiger partial charge in [0.25, 0.3) is 0 Å². The van der Waals surface area contributed by atoms with Gasteiger partial charge in [0.15, 0.2) is 5.82 Å². The van der Waals surface area contributed by atoms with Gasteiger partial charge < -0.3 is 9.42 Å². The van der Waals surface area contributed by atoms with E-state index in [-0.39, 0.29) is 0 Å². The average molecular weight is 314 g/mol. The van der Waals surface area contributed by atoms with Crippen LogP contribution in [0.15, 0.2) is 34.9 Å². The first-order valence-electron chi connectivity index (χ1n) is 8.39. The molecule has 124 valence electrons. The molecule has 2 unspecified atom stereocenters. The third kappa shape index (κ3) is 3.98. The molecule has 23 heavy (non-hydrogen) atoms. The highest BCUT2D eigenvalue weighted by molar-refractivity contribution is 5.15. The molecule has 0 saturated carbocycles. The molecule has 1 fully saturated rings. The highest BCUT2D eigenvalue weighted by Gasteiger charge is 2.32. The number of benzene rings is 1. The lowest BCUT2D eigenvalue weighted by Crippen LogP contribution is -2.39. The molecular formula is C18H26N4O. The fraction of sp³-hybridized carbons (Fsp3) is 0.556. The van der Waals surface area contributed by atoms with Crippen LogP contribution in [-0.4, -0.2) is 52.7 Å². The van der Waals surface area contributed by atoms with Crippen LogP contribution in [0.5, 0.6) is 0 Å². The van der Waals surface area contributed by atoms with Crippen LogP contribution in [0.3, 0.4) is 0 Å². The Kier molecular flexibility index (Phi) is 5.08. The standard InChI is InChI=1S/C18H26N4O/c1-14-16(21(2)3)11-12-22(14)13-18-19-17(20-23-18)10-9-15-7-5-4-6-8-15/h4-8,14,16H,9-13H2,1-3H3. The van der Waals surface area contributed by atoms with E-state index in [0.29, 0.717) is 12.1 Å². The number of nitrogens with zero attached hydrogens (tertiary/aromatic N) is 4. The maximum atomic E-state index is 5.44. The smallest absolute Gasteiger partial charge is 0.240 e. The minimum absolute atomic E-state index is 0.518. The van der Waals surface area contributed by atoms with Crippen molar-refractivity contribution in [1.82, 2.24) is 19.9 Å². The van der Waals surface area contributed by atoms with Crippen molar-refractivity contribution in [2.75, 3.05) is 20.6 Å². The minimum atomic E-state index is 0.518. The maximum absolute atomic E-state index is 5.44. The molecule has 0 spiro atoms. The number of aryl methyl sites for hydroxylation is 2. The molecule has 5 nitrogen and oxygen atoms in total. The van der Waals surface area contributed by atoms with Gasteiger partial charge in [-0.3, -0.25) is 4.90 Å². The maximum Gasteiger partial charge on any atom is 0.240 e. The summed E-state index contributed by atoms with van der Waals surface area (Å²) in [6, 6.07) is 11.6. The summed E-state index contributed by atoms with van der Waals surface area (Å²) in [7, 11) is 4.30. The fourth-order valence-electron chi connectivity index (χ4n) is 3.43. The predicted molar refractivity (Wildman–Crippen MR) is 90.1 cm³/mol. The number of hydrogen-bond acceptors (Lipinski definition) is 5. The molecule has 0 amide bonds. The molecule has 2 atom stereocenters.